The first-order valence-corrected chi connectivity index (χ1v) is 10.0. The van der Waals surface area contributed by atoms with Gasteiger partial charge < -0.3 is 19.5 Å². The van der Waals surface area contributed by atoms with Crippen LogP contribution in [0.4, 0.5) is 5.69 Å². The second-order valence-corrected chi connectivity index (χ2v) is 6.95. The third kappa shape index (κ3) is 7.07. The topological polar surface area (TPSA) is 39.7 Å². The van der Waals surface area contributed by atoms with Gasteiger partial charge in [-0.15, -0.1) is 0 Å². The summed E-state index contributed by atoms with van der Waals surface area (Å²) in [4.78, 5) is 0. The Morgan fingerprint density at radius 2 is 1.59 bits per heavy atom. The van der Waals surface area contributed by atoms with Crippen LogP contribution >= 0.6 is 0 Å². The fourth-order valence-electron chi connectivity index (χ4n) is 3.00. The van der Waals surface area contributed by atoms with Gasteiger partial charge in [0.05, 0.1) is 20.3 Å². The number of rotatable bonds is 11. The number of aryl methyl sites for hydroxylation is 1. The molecular weight excluding hydrogens is 362 g/mol. The van der Waals surface area contributed by atoms with E-state index < -0.39 is 0 Å². The largest absolute Gasteiger partial charge is 0.497 e. The van der Waals surface area contributed by atoms with Gasteiger partial charge in [-0.3, -0.25) is 0 Å². The zero-order chi connectivity index (χ0) is 20.3. The smallest absolute Gasteiger partial charge is 0.121 e. The van der Waals surface area contributed by atoms with Crippen LogP contribution in [0, 0.1) is 0 Å². The zero-order valence-electron chi connectivity index (χ0n) is 17.1. The van der Waals surface area contributed by atoms with E-state index in [-0.39, 0.29) is 6.10 Å². The van der Waals surface area contributed by atoms with Gasteiger partial charge in [0, 0.05) is 11.8 Å². The van der Waals surface area contributed by atoms with Crippen LogP contribution in [0.1, 0.15) is 18.9 Å². The van der Waals surface area contributed by atoms with Crippen molar-refractivity contribution < 1.29 is 14.2 Å². The molecule has 0 fully saturated rings. The summed E-state index contributed by atoms with van der Waals surface area (Å²) in [5.74, 6) is 2.53. The third-order valence-corrected chi connectivity index (χ3v) is 4.55. The molecule has 1 atom stereocenters. The second-order valence-electron chi connectivity index (χ2n) is 6.95. The van der Waals surface area contributed by atoms with Gasteiger partial charge in [-0.2, -0.15) is 0 Å². The molecule has 0 aliphatic carbocycles. The Morgan fingerprint density at radius 3 is 2.34 bits per heavy atom. The molecule has 0 spiro atoms. The Hall–Kier alpha value is -3.14. The Labute approximate surface area is 173 Å². The van der Waals surface area contributed by atoms with E-state index in [9.17, 15) is 0 Å². The summed E-state index contributed by atoms with van der Waals surface area (Å²) in [6.07, 6.45) is 2.05. The lowest BCUT2D eigenvalue weighted by Gasteiger charge is -2.17. The van der Waals surface area contributed by atoms with Crippen molar-refractivity contribution in [2.24, 2.45) is 0 Å². The summed E-state index contributed by atoms with van der Waals surface area (Å²) >= 11 is 0. The lowest BCUT2D eigenvalue weighted by Crippen LogP contribution is -2.22. The maximum absolute atomic E-state index is 5.94. The van der Waals surface area contributed by atoms with E-state index in [1.54, 1.807) is 7.11 Å². The van der Waals surface area contributed by atoms with E-state index >= 15 is 0 Å². The summed E-state index contributed by atoms with van der Waals surface area (Å²) < 4.78 is 17.0. The fraction of sp³-hybridized carbons (Fsp3) is 0.280. The SMILES string of the molecule is COc1ccc(OC(C)CNc2cccc(OCCCc3ccccc3)c2)cc1. The average molecular weight is 392 g/mol. The number of nitrogens with one attached hydrogen (secondary N) is 1. The summed E-state index contributed by atoms with van der Waals surface area (Å²) in [6, 6.07) is 26.2. The molecule has 3 aromatic rings. The Bertz CT molecular complexity index is 849. The van der Waals surface area contributed by atoms with Gasteiger partial charge in [0.2, 0.25) is 0 Å². The first-order valence-electron chi connectivity index (χ1n) is 10.0. The first-order chi connectivity index (χ1) is 14.2. The molecule has 0 saturated heterocycles. The number of methoxy groups -OCH3 is 1. The Kier molecular flexibility index (Phi) is 7.81. The van der Waals surface area contributed by atoms with Gasteiger partial charge >= 0.3 is 0 Å². The molecule has 4 nitrogen and oxygen atoms in total. The maximum atomic E-state index is 5.94. The summed E-state index contributed by atoms with van der Waals surface area (Å²) in [5.41, 5.74) is 2.37. The van der Waals surface area contributed by atoms with E-state index in [1.165, 1.54) is 5.56 Å². The molecule has 3 aromatic carbocycles. The van der Waals surface area contributed by atoms with Crippen LogP contribution in [0.5, 0.6) is 17.2 Å². The highest BCUT2D eigenvalue weighted by atomic mass is 16.5. The molecule has 4 heteroatoms. The molecular formula is C25H29NO3. The van der Waals surface area contributed by atoms with Crippen molar-refractivity contribution in [1.82, 2.24) is 0 Å². The summed E-state index contributed by atoms with van der Waals surface area (Å²) in [7, 11) is 1.66. The third-order valence-electron chi connectivity index (χ3n) is 4.55. The number of hydrogen-bond donors (Lipinski definition) is 1. The quantitative estimate of drug-likeness (QED) is 0.433. The van der Waals surface area contributed by atoms with Gasteiger partial charge in [-0.1, -0.05) is 36.4 Å². The fourth-order valence-corrected chi connectivity index (χ4v) is 3.00. The van der Waals surface area contributed by atoms with Gasteiger partial charge in [0.25, 0.3) is 0 Å². The van der Waals surface area contributed by atoms with Gasteiger partial charge in [-0.05, 0) is 61.7 Å². The van der Waals surface area contributed by atoms with Gasteiger partial charge in [0.15, 0.2) is 0 Å². The minimum absolute atomic E-state index is 0.0267. The standard InChI is InChI=1S/C25H29NO3/c1-20(29-24-15-13-23(27-2)14-16-24)19-26-22-11-6-12-25(18-22)28-17-7-10-21-8-4-3-5-9-21/h3-6,8-9,11-16,18,20,26H,7,10,17,19H2,1-2H3. The Balaban J connectivity index is 1.40. The molecule has 1 unspecified atom stereocenters. The molecule has 0 aliphatic heterocycles. The predicted octanol–water partition coefficient (Wildman–Crippen LogP) is 5.59. The predicted molar refractivity (Wildman–Crippen MR) is 118 cm³/mol. The molecule has 3 rings (SSSR count). The maximum Gasteiger partial charge on any atom is 0.121 e. The molecule has 1 N–H and O–H groups in total. The molecule has 0 radical (unpaired) electrons. The van der Waals surface area contributed by atoms with E-state index in [0.29, 0.717) is 13.2 Å². The first kappa shape index (κ1) is 20.6. The van der Waals surface area contributed by atoms with E-state index in [4.69, 9.17) is 14.2 Å². The van der Waals surface area contributed by atoms with Crippen LogP contribution in [0.3, 0.4) is 0 Å². The summed E-state index contributed by atoms with van der Waals surface area (Å²) in [5, 5.41) is 3.41. The lowest BCUT2D eigenvalue weighted by molar-refractivity contribution is 0.234. The molecule has 0 saturated carbocycles. The van der Waals surface area contributed by atoms with Crippen molar-refractivity contribution >= 4 is 5.69 Å². The monoisotopic (exact) mass is 391 g/mol. The lowest BCUT2D eigenvalue weighted by atomic mass is 10.1. The average Bonchev–Trinajstić information content (AvgIpc) is 2.77. The van der Waals surface area contributed by atoms with E-state index in [0.717, 1.165) is 35.8 Å². The van der Waals surface area contributed by atoms with E-state index in [2.05, 4.69) is 29.6 Å². The minimum atomic E-state index is 0.0267. The van der Waals surface area contributed by atoms with Crippen LogP contribution in [0.2, 0.25) is 0 Å². The van der Waals surface area contributed by atoms with Crippen molar-refractivity contribution in [3.8, 4) is 17.2 Å². The van der Waals surface area contributed by atoms with Crippen molar-refractivity contribution in [1.29, 1.82) is 0 Å². The van der Waals surface area contributed by atoms with Crippen LogP contribution < -0.4 is 19.5 Å². The van der Waals surface area contributed by atoms with Crippen LogP contribution in [0.15, 0.2) is 78.9 Å². The molecule has 29 heavy (non-hydrogen) atoms. The normalized spacial score (nSPS) is 11.5. The Morgan fingerprint density at radius 1 is 0.828 bits per heavy atom. The van der Waals surface area contributed by atoms with Crippen molar-refractivity contribution in [2.75, 3.05) is 25.6 Å². The highest BCUT2D eigenvalue weighted by molar-refractivity contribution is 5.48. The number of anilines is 1. The van der Waals surface area contributed by atoms with Crippen molar-refractivity contribution in [2.45, 2.75) is 25.9 Å². The number of benzene rings is 3. The van der Waals surface area contributed by atoms with Gasteiger partial charge in [-0.25, -0.2) is 0 Å². The number of hydrogen-bond acceptors (Lipinski definition) is 4. The number of ether oxygens (including phenoxy) is 3. The van der Waals surface area contributed by atoms with Crippen molar-refractivity contribution in [3.05, 3.63) is 84.4 Å². The van der Waals surface area contributed by atoms with Crippen LogP contribution in [-0.2, 0) is 6.42 Å². The molecule has 152 valence electrons. The van der Waals surface area contributed by atoms with Crippen LogP contribution in [0.25, 0.3) is 0 Å². The minimum Gasteiger partial charge on any atom is -0.497 e. The van der Waals surface area contributed by atoms with Gasteiger partial charge in [0.1, 0.15) is 23.4 Å². The van der Waals surface area contributed by atoms with E-state index in [1.807, 2.05) is 61.5 Å². The molecule has 0 aromatic heterocycles. The molecule has 0 amide bonds. The molecule has 0 aliphatic rings. The second kappa shape index (κ2) is 11.0. The molecule has 0 heterocycles. The van der Waals surface area contributed by atoms with Crippen molar-refractivity contribution in [3.63, 3.8) is 0 Å². The van der Waals surface area contributed by atoms with Crippen LogP contribution in [-0.4, -0.2) is 26.4 Å². The highest BCUT2D eigenvalue weighted by Gasteiger charge is 2.05. The highest BCUT2D eigenvalue weighted by Crippen LogP contribution is 2.20. The summed E-state index contributed by atoms with van der Waals surface area (Å²) in [6.45, 7) is 3.44. The zero-order valence-corrected chi connectivity index (χ0v) is 17.1. The molecule has 0 bridgehead atoms.